The fourth-order valence-electron chi connectivity index (χ4n) is 4.90. The van der Waals surface area contributed by atoms with Gasteiger partial charge in [-0.25, -0.2) is 8.78 Å². The number of carbonyl (C=O) groups excluding carboxylic acids is 1. The molecular weight excluding hydrogens is 384 g/mol. The number of fused-ring (bicyclic) bond motifs is 1. The van der Waals surface area contributed by atoms with Crippen molar-refractivity contribution in [3.8, 4) is 0 Å². The molecule has 0 radical (unpaired) electrons. The number of amides is 1. The standard InChI is InChI=1S/C24H29F2N3O/c1-3-27(4-2)19-10-8-17(9-11-19)15-28-13-12-21-22(28)14-23(30)29(21)16-18-6-5-7-20(25)24(18)26/h5-11,21-22H,3-4,12-16H2,1-2H3/t21-,22-/m0/s1. The van der Waals surface area contributed by atoms with Gasteiger partial charge in [0.25, 0.3) is 0 Å². The van der Waals surface area contributed by atoms with Crippen LogP contribution < -0.4 is 4.90 Å². The van der Waals surface area contributed by atoms with Gasteiger partial charge in [0.15, 0.2) is 11.6 Å². The molecule has 2 fully saturated rings. The maximum Gasteiger partial charge on any atom is 0.224 e. The minimum atomic E-state index is -0.864. The first kappa shape index (κ1) is 20.8. The van der Waals surface area contributed by atoms with Crippen molar-refractivity contribution in [1.82, 2.24) is 9.80 Å². The van der Waals surface area contributed by atoms with Crippen LogP contribution in [-0.2, 0) is 17.9 Å². The zero-order valence-electron chi connectivity index (χ0n) is 17.7. The lowest BCUT2D eigenvalue weighted by molar-refractivity contribution is -0.129. The quantitative estimate of drug-likeness (QED) is 0.681. The number of carbonyl (C=O) groups is 1. The van der Waals surface area contributed by atoms with Crippen molar-refractivity contribution in [3.63, 3.8) is 0 Å². The van der Waals surface area contributed by atoms with E-state index in [4.69, 9.17) is 0 Å². The number of nitrogens with zero attached hydrogens (tertiary/aromatic N) is 3. The van der Waals surface area contributed by atoms with Gasteiger partial charge in [-0.2, -0.15) is 0 Å². The van der Waals surface area contributed by atoms with Crippen LogP contribution in [0.3, 0.4) is 0 Å². The van der Waals surface area contributed by atoms with Gasteiger partial charge in [0.2, 0.25) is 5.91 Å². The predicted octanol–water partition coefficient (Wildman–Crippen LogP) is 4.19. The Morgan fingerprint density at radius 2 is 1.73 bits per heavy atom. The lowest BCUT2D eigenvalue weighted by Crippen LogP contribution is -2.37. The van der Waals surface area contributed by atoms with E-state index in [1.165, 1.54) is 17.3 Å². The summed E-state index contributed by atoms with van der Waals surface area (Å²) in [5.74, 6) is -1.69. The Bertz CT molecular complexity index is 898. The summed E-state index contributed by atoms with van der Waals surface area (Å²) in [7, 11) is 0. The molecule has 160 valence electrons. The maximum absolute atomic E-state index is 14.1. The number of likely N-dealkylation sites (tertiary alicyclic amines) is 2. The van der Waals surface area contributed by atoms with E-state index >= 15 is 0 Å². The molecule has 2 atom stereocenters. The first-order valence-corrected chi connectivity index (χ1v) is 10.8. The van der Waals surface area contributed by atoms with Crippen LogP contribution in [0.25, 0.3) is 0 Å². The molecule has 0 spiro atoms. The van der Waals surface area contributed by atoms with Crippen LogP contribution in [0.4, 0.5) is 14.5 Å². The molecule has 2 aliphatic rings. The fourth-order valence-corrected chi connectivity index (χ4v) is 4.90. The molecule has 2 aromatic rings. The first-order valence-electron chi connectivity index (χ1n) is 10.8. The Balaban J connectivity index is 1.43. The lowest BCUT2D eigenvalue weighted by atomic mass is 10.1. The van der Waals surface area contributed by atoms with Crippen LogP contribution in [0.1, 0.15) is 37.8 Å². The Morgan fingerprint density at radius 3 is 2.43 bits per heavy atom. The number of benzene rings is 2. The molecule has 0 aliphatic carbocycles. The van der Waals surface area contributed by atoms with Gasteiger partial charge in [-0.3, -0.25) is 9.69 Å². The Hall–Kier alpha value is -2.47. The minimum Gasteiger partial charge on any atom is -0.372 e. The summed E-state index contributed by atoms with van der Waals surface area (Å²) in [6.07, 6.45) is 1.31. The van der Waals surface area contributed by atoms with Crippen molar-refractivity contribution in [2.45, 2.75) is 51.9 Å². The van der Waals surface area contributed by atoms with Crippen molar-refractivity contribution in [2.75, 3.05) is 24.5 Å². The van der Waals surface area contributed by atoms with E-state index in [1.54, 1.807) is 11.0 Å². The van der Waals surface area contributed by atoms with Crippen LogP contribution in [0.15, 0.2) is 42.5 Å². The summed E-state index contributed by atoms with van der Waals surface area (Å²) in [6, 6.07) is 13.0. The second-order valence-corrected chi connectivity index (χ2v) is 8.17. The van der Waals surface area contributed by atoms with Crippen molar-refractivity contribution in [3.05, 3.63) is 65.2 Å². The minimum absolute atomic E-state index is 0.0234. The molecule has 6 heteroatoms. The predicted molar refractivity (Wildman–Crippen MR) is 114 cm³/mol. The smallest absolute Gasteiger partial charge is 0.224 e. The number of hydrogen-bond acceptors (Lipinski definition) is 3. The van der Waals surface area contributed by atoms with E-state index in [-0.39, 0.29) is 30.1 Å². The Labute approximate surface area is 177 Å². The van der Waals surface area contributed by atoms with Gasteiger partial charge >= 0.3 is 0 Å². The molecule has 0 bridgehead atoms. The first-order chi connectivity index (χ1) is 14.5. The molecule has 30 heavy (non-hydrogen) atoms. The molecule has 2 aliphatic heterocycles. The van der Waals surface area contributed by atoms with E-state index in [1.807, 2.05) is 0 Å². The number of anilines is 1. The molecule has 1 amide bonds. The highest BCUT2D eigenvalue weighted by atomic mass is 19.2. The Kier molecular flexibility index (Phi) is 6.04. The van der Waals surface area contributed by atoms with Gasteiger partial charge < -0.3 is 9.80 Å². The van der Waals surface area contributed by atoms with Gasteiger partial charge in [-0.15, -0.1) is 0 Å². The summed E-state index contributed by atoms with van der Waals surface area (Å²) in [5.41, 5.74) is 2.70. The van der Waals surface area contributed by atoms with Crippen LogP contribution in [-0.4, -0.2) is 47.4 Å². The van der Waals surface area contributed by atoms with Gasteiger partial charge in [-0.05, 0) is 44.0 Å². The Morgan fingerprint density at radius 1 is 1.00 bits per heavy atom. The van der Waals surface area contributed by atoms with Crippen LogP contribution in [0, 0.1) is 11.6 Å². The van der Waals surface area contributed by atoms with Crippen molar-refractivity contribution in [1.29, 1.82) is 0 Å². The van der Waals surface area contributed by atoms with E-state index in [0.29, 0.717) is 6.42 Å². The summed E-state index contributed by atoms with van der Waals surface area (Å²) >= 11 is 0. The van der Waals surface area contributed by atoms with E-state index in [2.05, 4.69) is 47.9 Å². The van der Waals surface area contributed by atoms with E-state index in [0.717, 1.165) is 38.7 Å². The van der Waals surface area contributed by atoms with Crippen LogP contribution >= 0.6 is 0 Å². The van der Waals surface area contributed by atoms with Crippen molar-refractivity contribution < 1.29 is 13.6 Å². The second kappa shape index (κ2) is 8.72. The summed E-state index contributed by atoms with van der Waals surface area (Å²) in [4.78, 5) is 19.1. The molecule has 2 saturated heterocycles. The summed E-state index contributed by atoms with van der Waals surface area (Å²) < 4.78 is 27.7. The highest BCUT2D eigenvalue weighted by molar-refractivity contribution is 5.80. The lowest BCUT2D eigenvalue weighted by Gasteiger charge is -2.26. The maximum atomic E-state index is 14.1. The molecule has 4 nitrogen and oxygen atoms in total. The highest BCUT2D eigenvalue weighted by Crippen LogP contribution is 2.35. The number of halogens is 2. The largest absolute Gasteiger partial charge is 0.372 e. The molecular formula is C24H29F2N3O. The molecule has 2 heterocycles. The summed E-state index contributed by atoms with van der Waals surface area (Å²) in [6.45, 7) is 8.11. The van der Waals surface area contributed by atoms with E-state index in [9.17, 15) is 13.6 Å². The average Bonchev–Trinajstić information content (AvgIpc) is 3.27. The highest BCUT2D eigenvalue weighted by Gasteiger charge is 2.46. The molecule has 0 N–H and O–H groups in total. The third-order valence-corrected chi connectivity index (χ3v) is 6.55. The van der Waals surface area contributed by atoms with Crippen molar-refractivity contribution in [2.24, 2.45) is 0 Å². The topological polar surface area (TPSA) is 26.8 Å². The van der Waals surface area contributed by atoms with E-state index < -0.39 is 11.6 Å². The summed E-state index contributed by atoms with van der Waals surface area (Å²) in [5, 5.41) is 0. The molecule has 2 aromatic carbocycles. The molecule has 0 saturated carbocycles. The number of hydrogen-bond donors (Lipinski definition) is 0. The van der Waals surface area contributed by atoms with Gasteiger partial charge in [0.1, 0.15) is 0 Å². The third-order valence-electron chi connectivity index (χ3n) is 6.55. The SMILES string of the molecule is CCN(CC)c1ccc(CN2CC[C@H]3[C@@H]2CC(=O)N3Cc2cccc(F)c2F)cc1. The monoisotopic (exact) mass is 413 g/mol. The van der Waals surface area contributed by atoms with Crippen LogP contribution in [0.5, 0.6) is 0 Å². The zero-order valence-corrected chi connectivity index (χ0v) is 17.7. The molecule has 4 rings (SSSR count). The molecule has 0 unspecified atom stereocenters. The third kappa shape index (κ3) is 3.93. The van der Waals surface area contributed by atoms with Gasteiger partial charge in [-0.1, -0.05) is 24.3 Å². The van der Waals surface area contributed by atoms with Crippen molar-refractivity contribution >= 4 is 11.6 Å². The van der Waals surface area contributed by atoms with Gasteiger partial charge in [0, 0.05) is 62.5 Å². The molecule has 0 aromatic heterocycles. The van der Waals surface area contributed by atoms with Crippen LogP contribution in [0.2, 0.25) is 0 Å². The zero-order chi connectivity index (χ0) is 21.3. The van der Waals surface area contributed by atoms with Gasteiger partial charge in [0.05, 0.1) is 0 Å². The number of rotatable bonds is 7. The fraction of sp³-hybridized carbons (Fsp3) is 0.458. The average molecular weight is 414 g/mol. The normalized spacial score (nSPS) is 21.3. The second-order valence-electron chi connectivity index (χ2n) is 8.17.